The maximum atomic E-state index is 13.3. The fraction of sp³-hybridized carbons (Fsp3) is 0.321. The summed E-state index contributed by atoms with van der Waals surface area (Å²) in [6.45, 7) is 2.69. The number of rotatable bonds is 5. The van der Waals surface area contributed by atoms with Crippen LogP contribution in [0.2, 0.25) is 0 Å². The predicted molar refractivity (Wildman–Crippen MR) is 125 cm³/mol. The molecule has 0 bridgehead atoms. The molecule has 0 aromatic heterocycles. The summed E-state index contributed by atoms with van der Waals surface area (Å²) in [5.74, 6) is -0.204. The zero-order chi connectivity index (χ0) is 21.1. The molecule has 158 valence electrons. The van der Waals surface area contributed by atoms with E-state index < -0.39 is 0 Å². The highest BCUT2D eigenvalue weighted by molar-refractivity contribution is 5.87. The van der Waals surface area contributed by atoms with Gasteiger partial charge in [0.15, 0.2) is 0 Å². The zero-order valence-corrected chi connectivity index (χ0v) is 18.0. The topological polar surface area (TPSA) is 32.3 Å². The highest BCUT2D eigenvalue weighted by Crippen LogP contribution is 2.46. The number of fused-ring (bicyclic) bond motifs is 2. The van der Waals surface area contributed by atoms with Crippen molar-refractivity contribution in [1.29, 1.82) is 0 Å². The Labute approximate surface area is 185 Å². The van der Waals surface area contributed by atoms with Crippen LogP contribution >= 0.6 is 0 Å². The van der Waals surface area contributed by atoms with Crippen LogP contribution in [0.5, 0.6) is 0 Å². The van der Waals surface area contributed by atoms with E-state index in [1.54, 1.807) is 5.56 Å². The molecule has 1 amide bonds. The van der Waals surface area contributed by atoms with Crippen molar-refractivity contribution in [2.24, 2.45) is 0 Å². The lowest BCUT2D eigenvalue weighted by Gasteiger charge is -2.40. The summed E-state index contributed by atoms with van der Waals surface area (Å²) in [4.78, 5) is 15.7. The van der Waals surface area contributed by atoms with Crippen LogP contribution in [0, 0.1) is 0 Å². The maximum absolute atomic E-state index is 13.3. The molecule has 1 N–H and O–H groups in total. The summed E-state index contributed by atoms with van der Waals surface area (Å²) in [5, 5.41) is 3.23. The van der Waals surface area contributed by atoms with Gasteiger partial charge in [-0.05, 0) is 53.4 Å². The van der Waals surface area contributed by atoms with E-state index in [1.165, 1.54) is 31.2 Å². The first-order chi connectivity index (χ1) is 15.3. The first-order valence-corrected chi connectivity index (χ1v) is 11.4. The molecule has 31 heavy (non-hydrogen) atoms. The molecule has 0 saturated carbocycles. The van der Waals surface area contributed by atoms with Gasteiger partial charge in [-0.25, -0.2) is 0 Å². The number of hydrogen-bond acceptors (Lipinski definition) is 2. The van der Waals surface area contributed by atoms with Crippen molar-refractivity contribution in [3.63, 3.8) is 0 Å². The molecule has 5 rings (SSSR count). The van der Waals surface area contributed by atoms with Gasteiger partial charge in [-0.1, -0.05) is 84.9 Å². The molecule has 3 nitrogen and oxygen atoms in total. The lowest BCUT2D eigenvalue weighted by atomic mass is 9.74. The smallest absolute Gasteiger partial charge is 0.233 e. The van der Waals surface area contributed by atoms with Crippen molar-refractivity contribution in [3.8, 4) is 0 Å². The maximum Gasteiger partial charge on any atom is 0.233 e. The summed E-state index contributed by atoms with van der Waals surface area (Å²) in [7, 11) is 0. The van der Waals surface area contributed by atoms with Crippen molar-refractivity contribution < 1.29 is 4.79 Å². The fourth-order valence-corrected chi connectivity index (χ4v) is 5.50. The molecule has 3 heteroatoms. The minimum absolute atomic E-state index is 0.0731. The van der Waals surface area contributed by atoms with Gasteiger partial charge in [0.05, 0.1) is 12.6 Å². The third kappa shape index (κ3) is 4.03. The van der Waals surface area contributed by atoms with Crippen LogP contribution in [-0.2, 0) is 16.6 Å². The Morgan fingerprint density at radius 2 is 1.39 bits per heavy atom. The molecule has 1 heterocycles. The molecule has 1 spiro atoms. The highest BCUT2D eigenvalue weighted by Gasteiger charge is 2.40. The summed E-state index contributed by atoms with van der Waals surface area (Å²) in [6, 6.07) is 29.1. The predicted octanol–water partition coefficient (Wildman–Crippen LogP) is 4.87. The van der Waals surface area contributed by atoms with E-state index in [9.17, 15) is 4.79 Å². The summed E-state index contributed by atoms with van der Waals surface area (Å²) < 4.78 is 0. The molecule has 1 saturated heterocycles. The Kier molecular flexibility index (Phi) is 5.61. The molecule has 0 unspecified atom stereocenters. The van der Waals surface area contributed by atoms with Gasteiger partial charge in [0, 0.05) is 13.1 Å². The van der Waals surface area contributed by atoms with Gasteiger partial charge in [-0.15, -0.1) is 0 Å². The normalized spacial score (nSPS) is 17.6. The number of carbonyl (C=O) groups is 1. The second kappa shape index (κ2) is 8.68. The van der Waals surface area contributed by atoms with Crippen molar-refractivity contribution in [2.45, 2.75) is 37.0 Å². The van der Waals surface area contributed by atoms with E-state index >= 15 is 0 Å². The van der Waals surface area contributed by atoms with Crippen molar-refractivity contribution >= 4 is 5.91 Å². The molecule has 0 radical (unpaired) electrons. The Hall–Kier alpha value is -2.91. The van der Waals surface area contributed by atoms with E-state index in [4.69, 9.17) is 0 Å². The van der Waals surface area contributed by atoms with Gasteiger partial charge in [0.25, 0.3) is 0 Å². The molecule has 3 aromatic carbocycles. The van der Waals surface area contributed by atoms with Crippen molar-refractivity contribution in [1.82, 2.24) is 10.2 Å². The lowest BCUT2D eigenvalue weighted by molar-refractivity contribution is -0.122. The lowest BCUT2D eigenvalue weighted by Crippen LogP contribution is -2.47. The monoisotopic (exact) mass is 410 g/mol. The first kappa shape index (κ1) is 20.0. The van der Waals surface area contributed by atoms with E-state index in [0.717, 1.165) is 24.2 Å². The third-order valence-corrected chi connectivity index (χ3v) is 7.28. The van der Waals surface area contributed by atoms with Gasteiger partial charge in [-0.3, -0.25) is 9.69 Å². The standard InChI is InChI=1S/C28H30N2O/c31-27(26(23-10-3-1-4-11-23)24-12-5-2-6-13-24)29-21-30-19-17-28(18-20-30)16-15-22-9-7-8-14-25(22)28/h1-14,26H,15-21H2,(H,29,31). The van der Waals surface area contributed by atoms with Crippen LogP contribution in [0.1, 0.15) is 47.4 Å². The third-order valence-electron chi connectivity index (χ3n) is 7.28. The summed E-state index contributed by atoms with van der Waals surface area (Å²) in [5.41, 5.74) is 5.54. The quantitative estimate of drug-likeness (QED) is 0.651. The van der Waals surface area contributed by atoms with Crippen molar-refractivity contribution in [2.75, 3.05) is 19.8 Å². The molecule has 1 aliphatic heterocycles. The van der Waals surface area contributed by atoms with Crippen molar-refractivity contribution in [3.05, 3.63) is 107 Å². The minimum Gasteiger partial charge on any atom is -0.343 e. The average Bonchev–Trinajstić information content (AvgIpc) is 3.19. The molecular formula is C28H30N2O. The molecule has 2 aliphatic rings. The van der Waals surface area contributed by atoms with Crippen LogP contribution in [-0.4, -0.2) is 30.6 Å². The number of nitrogens with zero attached hydrogens (tertiary/aromatic N) is 1. The molecule has 3 aromatic rings. The fourth-order valence-electron chi connectivity index (χ4n) is 5.50. The molecular weight excluding hydrogens is 380 g/mol. The number of hydrogen-bond donors (Lipinski definition) is 1. The number of nitrogens with one attached hydrogen (secondary N) is 1. The number of piperidine rings is 1. The van der Waals surface area contributed by atoms with Crippen LogP contribution in [0.15, 0.2) is 84.9 Å². The van der Waals surface area contributed by atoms with E-state index in [2.05, 4.69) is 34.5 Å². The number of carbonyl (C=O) groups excluding carboxylic acids is 1. The summed E-state index contributed by atoms with van der Waals surface area (Å²) in [6.07, 6.45) is 4.85. The van der Waals surface area contributed by atoms with Crippen LogP contribution in [0.25, 0.3) is 0 Å². The number of benzene rings is 3. The number of likely N-dealkylation sites (tertiary alicyclic amines) is 1. The molecule has 1 fully saturated rings. The second-order valence-electron chi connectivity index (χ2n) is 9.01. The Balaban J connectivity index is 1.23. The number of aryl methyl sites for hydroxylation is 1. The van der Waals surface area contributed by atoms with Gasteiger partial charge in [0.2, 0.25) is 5.91 Å². The van der Waals surface area contributed by atoms with Crippen LogP contribution in [0.3, 0.4) is 0 Å². The highest BCUT2D eigenvalue weighted by atomic mass is 16.2. The average molecular weight is 411 g/mol. The van der Waals surface area contributed by atoms with Crippen LogP contribution < -0.4 is 5.32 Å². The molecule has 0 atom stereocenters. The zero-order valence-electron chi connectivity index (χ0n) is 18.0. The van der Waals surface area contributed by atoms with Gasteiger partial charge in [0.1, 0.15) is 0 Å². The van der Waals surface area contributed by atoms with Gasteiger partial charge < -0.3 is 5.32 Å². The van der Waals surface area contributed by atoms with Gasteiger partial charge >= 0.3 is 0 Å². The SMILES string of the molecule is O=C(NCN1CCC2(CCc3ccccc32)CC1)C(c1ccccc1)c1ccccc1. The van der Waals surface area contributed by atoms with E-state index in [1.807, 2.05) is 60.7 Å². The van der Waals surface area contributed by atoms with Gasteiger partial charge in [-0.2, -0.15) is 0 Å². The first-order valence-electron chi connectivity index (χ1n) is 11.4. The summed E-state index contributed by atoms with van der Waals surface area (Å²) >= 11 is 0. The Bertz CT molecular complexity index is 984. The molecule has 1 aliphatic carbocycles. The largest absolute Gasteiger partial charge is 0.343 e. The van der Waals surface area contributed by atoms with Crippen LogP contribution in [0.4, 0.5) is 0 Å². The Morgan fingerprint density at radius 1 is 0.806 bits per heavy atom. The second-order valence-corrected chi connectivity index (χ2v) is 9.01. The van der Waals surface area contributed by atoms with E-state index in [-0.39, 0.29) is 11.8 Å². The van der Waals surface area contributed by atoms with E-state index in [0.29, 0.717) is 12.1 Å². The Morgan fingerprint density at radius 3 is 2.03 bits per heavy atom. The minimum atomic E-state index is -0.278. The number of amides is 1.